The number of thiazole rings is 1. The SMILES string of the molecule is CC[C@H](C)C(=O)Nc1nc(-c2ccc3c(c2)NC(=O)CO3)cs1. The predicted molar refractivity (Wildman–Crippen MR) is 89.8 cm³/mol. The Morgan fingerprint density at radius 2 is 2.35 bits per heavy atom. The highest BCUT2D eigenvalue weighted by molar-refractivity contribution is 7.14. The van der Waals surface area contributed by atoms with Crippen molar-refractivity contribution in [2.75, 3.05) is 17.2 Å². The minimum atomic E-state index is -0.172. The monoisotopic (exact) mass is 331 g/mol. The molecule has 0 fully saturated rings. The molecule has 0 spiro atoms. The summed E-state index contributed by atoms with van der Waals surface area (Å²) in [7, 11) is 0. The molecule has 2 aromatic rings. The van der Waals surface area contributed by atoms with Crippen molar-refractivity contribution in [3.05, 3.63) is 23.6 Å². The summed E-state index contributed by atoms with van der Waals surface area (Å²) in [5.41, 5.74) is 2.24. The Bertz CT molecular complexity index is 757. The zero-order valence-electron chi connectivity index (χ0n) is 12.9. The summed E-state index contributed by atoms with van der Waals surface area (Å²) in [5, 5.41) is 8.05. The number of benzene rings is 1. The highest BCUT2D eigenvalue weighted by atomic mass is 32.1. The minimum absolute atomic E-state index is 0.0282. The number of fused-ring (bicyclic) bond motifs is 1. The average Bonchev–Trinajstić information content (AvgIpc) is 3.01. The zero-order valence-corrected chi connectivity index (χ0v) is 13.7. The fourth-order valence-electron chi connectivity index (χ4n) is 2.12. The van der Waals surface area contributed by atoms with Crippen LogP contribution in [0.1, 0.15) is 20.3 Å². The van der Waals surface area contributed by atoms with Gasteiger partial charge in [0.2, 0.25) is 5.91 Å². The number of rotatable bonds is 4. The van der Waals surface area contributed by atoms with E-state index in [0.717, 1.165) is 17.7 Å². The quantitative estimate of drug-likeness (QED) is 0.902. The van der Waals surface area contributed by atoms with Crippen molar-refractivity contribution in [1.82, 2.24) is 4.98 Å². The van der Waals surface area contributed by atoms with Crippen molar-refractivity contribution >= 4 is 34.0 Å². The molecular weight excluding hydrogens is 314 g/mol. The summed E-state index contributed by atoms with van der Waals surface area (Å²) in [6.07, 6.45) is 0.786. The fourth-order valence-corrected chi connectivity index (χ4v) is 2.84. The molecule has 2 amide bonds. The van der Waals surface area contributed by atoms with Gasteiger partial charge in [0.25, 0.3) is 5.91 Å². The predicted octanol–water partition coefficient (Wildman–Crippen LogP) is 3.13. The van der Waals surface area contributed by atoms with E-state index < -0.39 is 0 Å². The topological polar surface area (TPSA) is 80.3 Å². The number of nitrogens with one attached hydrogen (secondary N) is 2. The fraction of sp³-hybridized carbons (Fsp3) is 0.312. The van der Waals surface area contributed by atoms with E-state index in [1.807, 2.05) is 31.4 Å². The van der Waals surface area contributed by atoms with Crippen molar-refractivity contribution in [3.63, 3.8) is 0 Å². The van der Waals surface area contributed by atoms with Crippen LogP contribution in [0.15, 0.2) is 23.6 Å². The molecule has 0 aliphatic carbocycles. The summed E-state index contributed by atoms with van der Waals surface area (Å²) in [6, 6.07) is 5.51. The molecule has 0 radical (unpaired) electrons. The Kier molecular flexibility index (Phi) is 4.29. The van der Waals surface area contributed by atoms with Gasteiger partial charge in [0.1, 0.15) is 5.75 Å². The third-order valence-corrected chi connectivity index (χ3v) is 4.46. The molecule has 0 bridgehead atoms. The summed E-state index contributed by atoms with van der Waals surface area (Å²) < 4.78 is 5.34. The van der Waals surface area contributed by atoms with Crippen molar-refractivity contribution in [3.8, 4) is 17.0 Å². The van der Waals surface area contributed by atoms with Crippen LogP contribution in [0.25, 0.3) is 11.3 Å². The summed E-state index contributed by atoms with van der Waals surface area (Å²) in [6.45, 7) is 3.89. The summed E-state index contributed by atoms with van der Waals surface area (Å²) in [5.74, 6) is 0.404. The zero-order chi connectivity index (χ0) is 16.4. The minimum Gasteiger partial charge on any atom is -0.482 e. The van der Waals surface area contributed by atoms with E-state index in [-0.39, 0.29) is 24.3 Å². The van der Waals surface area contributed by atoms with Gasteiger partial charge in [-0.05, 0) is 24.6 Å². The molecule has 120 valence electrons. The molecule has 0 unspecified atom stereocenters. The van der Waals surface area contributed by atoms with Gasteiger partial charge in [-0.25, -0.2) is 4.98 Å². The molecular formula is C16H17N3O3S. The third kappa shape index (κ3) is 3.34. The Labute approximate surface area is 137 Å². The number of hydrogen-bond acceptors (Lipinski definition) is 5. The Morgan fingerprint density at radius 3 is 3.13 bits per heavy atom. The van der Waals surface area contributed by atoms with Crippen LogP contribution in [0.4, 0.5) is 10.8 Å². The second-order valence-electron chi connectivity index (χ2n) is 5.38. The number of amides is 2. The van der Waals surface area contributed by atoms with Gasteiger partial charge in [-0.2, -0.15) is 0 Å². The maximum absolute atomic E-state index is 11.9. The molecule has 7 heteroatoms. The second kappa shape index (κ2) is 6.37. The van der Waals surface area contributed by atoms with Crippen molar-refractivity contribution in [2.24, 2.45) is 5.92 Å². The Balaban J connectivity index is 1.79. The number of nitrogens with zero attached hydrogens (tertiary/aromatic N) is 1. The van der Waals surface area contributed by atoms with Gasteiger partial charge in [0.15, 0.2) is 11.7 Å². The number of aromatic nitrogens is 1. The molecule has 2 N–H and O–H groups in total. The van der Waals surface area contributed by atoms with Crippen LogP contribution in [0.2, 0.25) is 0 Å². The van der Waals surface area contributed by atoms with Gasteiger partial charge in [-0.3, -0.25) is 9.59 Å². The lowest BCUT2D eigenvalue weighted by Crippen LogP contribution is -2.25. The highest BCUT2D eigenvalue weighted by Crippen LogP contribution is 2.33. The molecule has 1 aliphatic heterocycles. The normalized spacial score (nSPS) is 14.4. The van der Waals surface area contributed by atoms with Gasteiger partial charge in [-0.15, -0.1) is 11.3 Å². The number of ether oxygens (including phenoxy) is 1. The first-order chi connectivity index (χ1) is 11.1. The largest absolute Gasteiger partial charge is 0.482 e. The highest BCUT2D eigenvalue weighted by Gasteiger charge is 2.17. The van der Waals surface area contributed by atoms with E-state index in [1.165, 1.54) is 11.3 Å². The molecule has 1 aromatic heterocycles. The average molecular weight is 331 g/mol. The van der Waals surface area contributed by atoms with E-state index in [1.54, 1.807) is 6.07 Å². The van der Waals surface area contributed by atoms with E-state index in [9.17, 15) is 9.59 Å². The van der Waals surface area contributed by atoms with Crippen LogP contribution in [0, 0.1) is 5.92 Å². The first-order valence-electron chi connectivity index (χ1n) is 7.40. The van der Waals surface area contributed by atoms with Crippen molar-refractivity contribution in [2.45, 2.75) is 20.3 Å². The molecule has 0 saturated heterocycles. The number of carbonyl (C=O) groups is 2. The smallest absolute Gasteiger partial charge is 0.262 e. The van der Waals surface area contributed by atoms with Crippen LogP contribution >= 0.6 is 11.3 Å². The second-order valence-corrected chi connectivity index (χ2v) is 6.24. The Hall–Kier alpha value is -2.41. The molecule has 1 aliphatic rings. The molecule has 6 nitrogen and oxygen atoms in total. The molecule has 1 aromatic carbocycles. The van der Waals surface area contributed by atoms with Gasteiger partial charge < -0.3 is 15.4 Å². The number of hydrogen-bond donors (Lipinski definition) is 2. The van der Waals surface area contributed by atoms with Crippen LogP contribution in [-0.2, 0) is 9.59 Å². The molecule has 0 saturated carbocycles. The number of anilines is 2. The molecule has 23 heavy (non-hydrogen) atoms. The van der Waals surface area contributed by atoms with E-state index in [2.05, 4.69) is 15.6 Å². The molecule has 2 heterocycles. The van der Waals surface area contributed by atoms with Crippen LogP contribution in [0.5, 0.6) is 5.75 Å². The Morgan fingerprint density at radius 1 is 1.52 bits per heavy atom. The first kappa shape index (κ1) is 15.5. The van der Waals surface area contributed by atoms with Crippen LogP contribution < -0.4 is 15.4 Å². The lowest BCUT2D eigenvalue weighted by Gasteiger charge is -2.18. The van der Waals surface area contributed by atoms with Gasteiger partial charge in [0.05, 0.1) is 11.4 Å². The van der Waals surface area contributed by atoms with Crippen molar-refractivity contribution in [1.29, 1.82) is 0 Å². The van der Waals surface area contributed by atoms with Gasteiger partial charge in [0, 0.05) is 16.9 Å². The maximum Gasteiger partial charge on any atom is 0.262 e. The summed E-state index contributed by atoms with van der Waals surface area (Å²) in [4.78, 5) is 27.7. The summed E-state index contributed by atoms with van der Waals surface area (Å²) >= 11 is 1.38. The lowest BCUT2D eigenvalue weighted by atomic mass is 10.1. The molecule has 1 atom stereocenters. The van der Waals surface area contributed by atoms with Gasteiger partial charge >= 0.3 is 0 Å². The van der Waals surface area contributed by atoms with Crippen LogP contribution in [0.3, 0.4) is 0 Å². The van der Waals surface area contributed by atoms with E-state index in [0.29, 0.717) is 16.6 Å². The van der Waals surface area contributed by atoms with Crippen LogP contribution in [-0.4, -0.2) is 23.4 Å². The lowest BCUT2D eigenvalue weighted by molar-refractivity contribution is -0.119. The number of carbonyl (C=O) groups excluding carboxylic acids is 2. The van der Waals surface area contributed by atoms with Crippen molar-refractivity contribution < 1.29 is 14.3 Å². The van der Waals surface area contributed by atoms with Gasteiger partial charge in [-0.1, -0.05) is 13.8 Å². The maximum atomic E-state index is 11.9. The van der Waals surface area contributed by atoms with E-state index >= 15 is 0 Å². The molecule has 3 rings (SSSR count). The first-order valence-corrected chi connectivity index (χ1v) is 8.28. The third-order valence-electron chi connectivity index (χ3n) is 3.70. The standard InChI is InChI=1S/C16H17N3O3S/c1-3-9(2)15(21)19-16-18-12(8-23-16)10-4-5-13-11(6-10)17-14(20)7-22-13/h4-6,8-9H,3,7H2,1-2H3,(H,17,20)(H,18,19,21)/t9-/m0/s1. The van der Waals surface area contributed by atoms with E-state index in [4.69, 9.17) is 4.74 Å².